The number of amides is 1. The van der Waals surface area contributed by atoms with E-state index in [1.807, 2.05) is 24.3 Å². The maximum Gasteiger partial charge on any atom is 0.254 e. The molecule has 1 aromatic carbocycles. The molecule has 0 spiro atoms. The average molecular weight is 258 g/mol. The third kappa shape index (κ3) is 3.09. The molecule has 19 heavy (non-hydrogen) atoms. The molecule has 0 aliphatic heterocycles. The van der Waals surface area contributed by atoms with Crippen LogP contribution in [0.15, 0.2) is 36.5 Å². The van der Waals surface area contributed by atoms with Gasteiger partial charge in [-0.25, -0.2) is 0 Å². The number of carbonyl (C=O) groups excluding carboxylic acids is 1. The van der Waals surface area contributed by atoms with E-state index in [0.717, 1.165) is 10.9 Å². The quantitative estimate of drug-likeness (QED) is 0.917. The molecule has 0 radical (unpaired) electrons. The summed E-state index contributed by atoms with van der Waals surface area (Å²) in [4.78, 5) is 18.2. The van der Waals surface area contributed by atoms with Crippen LogP contribution >= 0.6 is 0 Å². The lowest BCUT2D eigenvalue weighted by molar-refractivity contribution is 0.0369. The zero-order valence-corrected chi connectivity index (χ0v) is 11.4. The fourth-order valence-electron chi connectivity index (χ4n) is 2.15. The van der Waals surface area contributed by atoms with Crippen molar-refractivity contribution in [2.24, 2.45) is 0 Å². The second-order valence-electron chi connectivity index (χ2n) is 5.35. The number of hydrogen-bond donors (Lipinski definition) is 1. The highest BCUT2D eigenvalue weighted by Gasteiger charge is 2.21. The molecule has 1 N–H and O–H groups in total. The van der Waals surface area contributed by atoms with E-state index in [9.17, 15) is 9.90 Å². The van der Waals surface area contributed by atoms with Crippen molar-refractivity contribution in [3.8, 4) is 0 Å². The highest BCUT2D eigenvalue weighted by Crippen LogP contribution is 2.18. The Bertz CT molecular complexity index is 597. The minimum Gasteiger partial charge on any atom is -0.389 e. The number of aliphatic hydroxyl groups is 1. The van der Waals surface area contributed by atoms with Crippen molar-refractivity contribution in [3.63, 3.8) is 0 Å². The van der Waals surface area contributed by atoms with E-state index in [0.29, 0.717) is 5.56 Å². The number of benzene rings is 1. The molecule has 0 saturated heterocycles. The molecule has 0 fully saturated rings. The molecule has 0 unspecified atom stereocenters. The molecule has 0 aliphatic carbocycles. The van der Waals surface area contributed by atoms with Crippen molar-refractivity contribution in [2.45, 2.75) is 19.4 Å². The molecule has 0 atom stereocenters. The Labute approximate surface area is 112 Å². The average Bonchev–Trinajstić information content (AvgIpc) is 2.35. The van der Waals surface area contributed by atoms with Gasteiger partial charge in [-0.3, -0.25) is 9.78 Å². The van der Waals surface area contributed by atoms with Gasteiger partial charge in [0.05, 0.1) is 11.1 Å². The lowest BCUT2D eigenvalue weighted by Crippen LogP contribution is -2.39. The first-order chi connectivity index (χ1) is 8.88. The van der Waals surface area contributed by atoms with Gasteiger partial charge in [-0.1, -0.05) is 12.1 Å². The molecule has 2 rings (SSSR count). The molecule has 1 amide bonds. The fraction of sp³-hybridized carbons (Fsp3) is 0.333. The summed E-state index contributed by atoms with van der Waals surface area (Å²) in [7, 11) is 1.69. The van der Waals surface area contributed by atoms with Crippen LogP contribution < -0.4 is 0 Å². The van der Waals surface area contributed by atoms with Crippen molar-refractivity contribution in [2.75, 3.05) is 13.6 Å². The normalized spacial score (nSPS) is 11.6. The first kappa shape index (κ1) is 13.5. The van der Waals surface area contributed by atoms with E-state index in [1.54, 1.807) is 33.2 Å². The van der Waals surface area contributed by atoms with Gasteiger partial charge in [0.25, 0.3) is 5.91 Å². The summed E-state index contributed by atoms with van der Waals surface area (Å²) >= 11 is 0. The molecule has 0 saturated carbocycles. The summed E-state index contributed by atoms with van der Waals surface area (Å²) in [5.41, 5.74) is 0.495. The Balaban J connectivity index is 2.36. The highest BCUT2D eigenvalue weighted by atomic mass is 16.3. The number of hydrogen-bond acceptors (Lipinski definition) is 3. The number of likely N-dealkylation sites (N-methyl/N-ethyl adjacent to an activating group) is 1. The smallest absolute Gasteiger partial charge is 0.254 e. The van der Waals surface area contributed by atoms with E-state index >= 15 is 0 Å². The van der Waals surface area contributed by atoms with Crippen LogP contribution in [0.4, 0.5) is 0 Å². The molecule has 0 bridgehead atoms. The van der Waals surface area contributed by atoms with Gasteiger partial charge in [-0.15, -0.1) is 0 Å². The molecule has 0 aliphatic rings. The van der Waals surface area contributed by atoms with Crippen molar-refractivity contribution in [1.29, 1.82) is 0 Å². The summed E-state index contributed by atoms with van der Waals surface area (Å²) in [5.74, 6) is -0.110. The number of rotatable bonds is 3. The molecule has 2 aromatic rings. The Hall–Kier alpha value is -1.94. The SMILES string of the molecule is CN(CC(C)(C)O)C(=O)c1cccc2ncccc12. The predicted molar refractivity (Wildman–Crippen MR) is 75.0 cm³/mol. The maximum atomic E-state index is 12.4. The van der Waals surface area contributed by atoms with Crippen LogP contribution in [0.25, 0.3) is 10.9 Å². The minimum atomic E-state index is -0.909. The van der Waals surface area contributed by atoms with E-state index in [1.165, 1.54) is 4.90 Å². The monoisotopic (exact) mass is 258 g/mol. The van der Waals surface area contributed by atoms with Crippen LogP contribution in [0.5, 0.6) is 0 Å². The van der Waals surface area contributed by atoms with Gasteiger partial charge in [0.2, 0.25) is 0 Å². The second kappa shape index (κ2) is 4.97. The Kier molecular flexibility index (Phi) is 3.53. The van der Waals surface area contributed by atoms with Gasteiger partial charge < -0.3 is 10.0 Å². The molecular weight excluding hydrogens is 240 g/mol. The molecule has 1 heterocycles. The van der Waals surface area contributed by atoms with Crippen LogP contribution in [-0.2, 0) is 0 Å². The lowest BCUT2D eigenvalue weighted by atomic mass is 10.1. The zero-order valence-electron chi connectivity index (χ0n) is 11.4. The number of pyridine rings is 1. The summed E-state index contributed by atoms with van der Waals surface area (Å²) < 4.78 is 0. The van der Waals surface area contributed by atoms with Gasteiger partial charge in [-0.05, 0) is 32.0 Å². The third-order valence-electron chi connectivity index (χ3n) is 2.85. The zero-order chi connectivity index (χ0) is 14.0. The Morgan fingerprint density at radius 1 is 1.32 bits per heavy atom. The molecule has 4 nitrogen and oxygen atoms in total. The van der Waals surface area contributed by atoms with Crippen molar-refractivity contribution in [1.82, 2.24) is 9.88 Å². The molecular formula is C15H18N2O2. The maximum absolute atomic E-state index is 12.4. The number of nitrogens with zero attached hydrogens (tertiary/aromatic N) is 2. The Morgan fingerprint density at radius 3 is 2.74 bits per heavy atom. The van der Waals surface area contributed by atoms with Gasteiger partial charge in [-0.2, -0.15) is 0 Å². The van der Waals surface area contributed by atoms with Crippen LogP contribution in [0.1, 0.15) is 24.2 Å². The molecule has 100 valence electrons. The summed E-state index contributed by atoms with van der Waals surface area (Å²) in [6, 6.07) is 9.18. The van der Waals surface area contributed by atoms with Crippen LogP contribution in [0.2, 0.25) is 0 Å². The van der Waals surface area contributed by atoms with Gasteiger partial charge in [0.15, 0.2) is 0 Å². The molecule has 4 heteroatoms. The Morgan fingerprint density at radius 2 is 2.05 bits per heavy atom. The lowest BCUT2D eigenvalue weighted by Gasteiger charge is -2.26. The number of fused-ring (bicyclic) bond motifs is 1. The number of carbonyl (C=O) groups is 1. The van der Waals surface area contributed by atoms with E-state index in [4.69, 9.17) is 0 Å². The standard InChI is InChI=1S/C15H18N2O2/c1-15(2,19)10-17(3)14(18)12-6-4-8-13-11(12)7-5-9-16-13/h4-9,19H,10H2,1-3H3. The second-order valence-corrected chi connectivity index (χ2v) is 5.35. The first-order valence-corrected chi connectivity index (χ1v) is 6.20. The van der Waals surface area contributed by atoms with Crippen molar-refractivity contribution < 1.29 is 9.90 Å². The first-order valence-electron chi connectivity index (χ1n) is 6.20. The topological polar surface area (TPSA) is 53.4 Å². The van der Waals surface area contributed by atoms with E-state index < -0.39 is 5.60 Å². The number of aromatic nitrogens is 1. The van der Waals surface area contributed by atoms with E-state index in [-0.39, 0.29) is 12.5 Å². The highest BCUT2D eigenvalue weighted by molar-refractivity contribution is 6.06. The summed E-state index contributed by atoms with van der Waals surface area (Å²) in [5, 5.41) is 10.6. The third-order valence-corrected chi connectivity index (χ3v) is 2.85. The summed E-state index contributed by atoms with van der Waals surface area (Å²) in [6.07, 6.45) is 1.71. The molecule has 1 aromatic heterocycles. The van der Waals surface area contributed by atoms with Crippen molar-refractivity contribution in [3.05, 3.63) is 42.1 Å². The van der Waals surface area contributed by atoms with E-state index in [2.05, 4.69) is 4.98 Å². The van der Waals surface area contributed by atoms with Crippen LogP contribution in [-0.4, -0.2) is 40.1 Å². The van der Waals surface area contributed by atoms with Crippen LogP contribution in [0.3, 0.4) is 0 Å². The van der Waals surface area contributed by atoms with Gasteiger partial charge >= 0.3 is 0 Å². The fourth-order valence-corrected chi connectivity index (χ4v) is 2.15. The van der Waals surface area contributed by atoms with Crippen LogP contribution in [0, 0.1) is 0 Å². The minimum absolute atomic E-state index is 0.110. The van der Waals surface area contributed by atoms with Gasteiger partial charge in [0, 0.05) is 30.7 Å². The largest absolute Gasteiger partial charge is 0.389 e. The van der Waals surface area contributed by atoms with Gasteiger partial charge in [0.1, 0.15) is 0 Å². The summed E-state index contributed by atoms with van der Waals surface area (Å²) in [6.45, 7) is 3.64. The predicted octanol–water partition coefficient (Wildman–Crippen LogP) is 2.08. The van der Waals surface area contributed by atoms with Crippen molar-refractivity contribution >= 4 is 16.8 Å².